The van der Waals surface area contributed by atoms with Gasteiger partial charge in [-0.25, -0.2) is 15.0 Å². The van der Waals surface area contributed by atoms with Crippen LogP contribution in [0.2, 0.25) is 0 Å². The molecule has 0 N–H and O–H groups in total. The average molecular weight is 834 g/mol. The summed E-state index contributed by atoms with van der Waals surface area (Å²) in [6.45, 7) is 16.2. The molecule has 0 spiro atoms. The topological polar surface area (TPSA) is 48.5 Å². The number of hydrogen-bond acceptors (Lipinski definition) is 3. The van der Waals surface area contributed by atoms with E-state index in [1.54, 1.807) is 0 Å². The van der Waals surface area contributed by atoms with Gasteiger partial charge in [0, 0.05) is 49.6 Å². The second kappa shape index (κ2) is 19.2. The minimum absolute atomic E-state index is 0.640. The molecule has 0 bridgehead atoms. The maximum absolute atomic E-state index is 5.01. The van der Waals surface area contributed by atoms with Crippen molar-refractivity contribution in [2.24, 2.45) is 0 Å². The lowest BCUT2D eigenvalue weighted by molar-refractivity contribution is 1.07. The van der Waals surface area contributed by atoms with E-state index < -0.39 is 0 Å². The first-order chi connectivity index (χ1) is 31.6. The van der Waals surface area contributed by atoms with Gasteiger partial charge in [0.05, 0.1) is 22.1 Å². The van der Waals surface area contributed by atoms with Crippen LogP contribution < -0.4 is 0 Å². The number of aryl methyl sites for hydroxylation is 2. The van der Waals surface area contributed by atoms with Crippen molar-refractivity contribution in [2.45, 2.75) is 55.4 Å². The van der Waals surface area contributed by atoms with Crippen molar-refractivity contribution in [3.8, 4) is 56.7 Å². The Morgan fingerprint density at radius 2 is 0.641 bits per heavy atom. The molecule has 5 nitrogen and oxygen atoms in total. The van der Waals surface area contributed by atoms with E-state index in [9.17, 15) is 0 Å². The number of para-hydroxylation sites is 3. The van der Waals surface area contributed by atoms with Gasteiger partial charge in [0.15, 0.2) is 17.5 Å². The highest BCUT2D eigenvalue weighted by atomic mass is 15.0. The van der Waals surface area contributed by atoms with E-state index in [0.29, 0.717) is 17.5 Å². The van der Waals surface area contributed by atoms with Gasteiger partial charge in [-0.3, -0.25) is 0 Å². The van der Waals surface area contributed by atoms with Gasteiger partial charge in [0.1, 0.15) is 0 Å². The highest BCUT2D eigenvalue weighted by Crippen LogP contribution is 2.38. The van der Waals surface area contributed by atoms with Crippen molar-refractivity contribution < 1.29 is 0 Å². The average Bonchev–Trinajstić information content (AvgIpc) is 3.88. The lowest BCUT2D eigenvalue weighted by Crippen LogP contribution is -2.00. The molecule has 0 fully saturated rings. The summed E-state index contributed by atoms with van der Waals surface area (Å²) in [6.07, 6.45) is 0. The molecule has 11 aromatic rings. The lowest BCUT2D eigenvalue weighted by atomic mass is 10.0. The van der Waals surface area contributed by atoms with Crippen LogP contribution in [0.4, 0.5) is 0 Å². The normalized spacial score (nSPS) is 10.8. The number of hydrogen-bond donors (Lipinski definition) is 0. The summed E-state index contributed by atoms with van der Waals surface area (Å²) in [5, 5.41) is 4.92. The van der Waals surface area contributed by atoms with Crippen LogP contribution in [0, 0.1) is 13.8 Å². The molecule has 316 valence electrons. The Morgan fingerprint density at radius 3 is 1.17 bits per heavy atom. The monoisotopic (exact) mass is 833 g/mol. The zero-order valence-electron chi connectivity index (χ0n) is 38.1. The Hall–Kier alpha value is -7.63. The first-order valence-electron chi connectivity index (χ1n) is 22.7. The minimum Gasteiger partial charge on any atom is -0.309 e. The quantitative estimate of drug-likeness (QED) is 0.168. The largest absolute Gasteiger partial charge is 0.309 e. The molecular weight excluding hydrogens is 779 g/mol. The molecular formula is C59H55N5. The maximum Gasteiger partial charge on any atom is 0.164 e. The summed E-state index contributed by atoms with van der Waals surface area (Å²) < 4.78 is 4.74. The summed E-state index contributed by atoms with van der Waals surface area (Å²) in [5.41, 5.74) is 14.5. The van der Waals surface area contributed by atoms with Gasteiger partial charge in [0.2, 0.25) is 0 Å². The summed E-state index contributed by atoms with van der Waals surface area (Å²) >= 11 is 0. The molecule has 8 aromatic carbocycles. The zero-order valence-corrected chi connectivity index (χ0v) is 38.1. The van der Waals surface area contributed by atoms with Gasteiger partial charge in [0.25, 0.3) is 0 Å². The van der Waals surface area contributed by atoms with Crippen LogP contribution in [0.25, 0.3) is 100 Å². The summed E-state index contributed by atoms with van der Waals surface area (Å²) in [5.74, 6) is 1.95. The minimum atomic E-state index is 0.640. The van der Waals surface area contributed by atoms with E-state index in [1.165, 1.54) is 54.8 Å². The Kier molecular flexibility index (Phi) is 12.9. The summed E-state index contributed by atoms with van der Waals surface area (Å²) in [7, 11) is 0. The second-order valence-electron chi connectivity index (χ2n) is 15.1. The Bertz CT molecular complexity index is 3260. The van der Waals surface area contributed by atoms with Crippen LogP contribution in [0.15, 0.2) is 188 Å². The third kappa shape index (κ3) is 8.09. The molecule has 5 heteroatoms. The highest BCUT2D eigenvalue weighted by Gasteiger charge is 2.17. The van der Waals surface area contributed by atoms with Gasteiger partial charge in [-0.05, 0) is 91.7 Å². The van der Waals surface area contributed by atoms with Crippen molar-refractivity contribution in [3.05, 3.63) is 199 Å². The summed E-state index contributed by atoms with van der Waals surface area (Å²) in [6, 6.07) is 67.1. The number of aromatic nitrogens is 5. The smallest absolute Gasteiger partial charge is 0.164 e. The first-order valence-corrected chi connectivity index (χ1v) is 22.7. The fraction of sp³-hybridized carbons (Fsp3) is 0.136. The Balaban J connectivity index is 0.000000898. The fourth-order valence-electron chi connectivity index (χ4n) is 8.36. The van der Waals surface area contributed by atoms with E-state index >= 15 is 0 Å². The molecule has 0 unspecified atom stereocenters. The van der Waals surface area contributed by atoms with Crippen LogP contribution in [-0.4, -0.2) is 24.1 Å². The van der Waals surface area contributed by atoms with Crippen LogP contribution in [-0.2, 0) is 0 Å². The molecule has 3 heterocycles. The SMILES string of the molecule is CC.CC.CC.Cc1ccc(-c2nc(-c3ccc(C)cc3)nc(-c3ccc(-n4c5ccccc5c5ccc(-c6ccc7c(c6)c6ccccc6n7-c6ccccc6)cc54)cc3)n2)cc1. The molecule has 0 aliphatic heterocycles. The lowest BCUT2D eigenvalue weighted by Gasteiger charge is -2.12. The van der Waals surface area contributed by atoms with E-state index in [0.717, 1.165) is 39.1 Å². The predicted molar refractivity (Wildman–Crippen MR) is 274 cm³/mol. The van der Waals surface area contributed by atoms with Gasteiger partial charge < -0.3 is 9.13 Å². The van der Waals surface area contributed by atoms with Crippen molar-refractivity contribution in [2.75, 3.05) is 0 Å². The molecule has 0 saturated heterocycles. The molecule has 64 heavy (non-hydrogen) atoms. The molecule has 3 aromatic heterocycles. The van der Waals surface area contributed by atoms with Gasteiger partial charge in [-0.1, -0.05) is 174 Å². The number of rotatable bonds is 6. The molecule has 0 aliphatic rings. The number of nitrogens with zero attached hydrogens (tertiary/aromatic N) is 5. The van der Waals surface area contributed by atoms with Crippen molar-refractivity contribution >= 4 is 43.6 Å². The van der Waals surface area contributed by atoms with Crippen LogP contribution in [0.1, 0.15) is 52.7 Å². The third-order valence-corrected chi connectivity index (χ3v) is 11.3. The predicted octanol–water partition coefficient (Wildman–Crippen LogP) is 16.4. The standard InChI is InChI=1S/C53H37N5.3C2H6/c1-34-16-20-36(21-17-34)51-54-52(37-22-18-35(2)19-23-37)56-53(55-51)38-24-28-42(29-25-38)58-47-14-8-6-12-43(47)45-30-26-40(33-50(45)58)39-27-31-49-46(32-39)44-13-7-9-15-48(44)57(49)41-10-4-3-5-11-41;3*1-2/h3-33H,1-2H3;3*1-2H3. The first kappa shape index (κ1) is 43.0. The van der Waals surface area contributed by atoms with E-state index in [-0.39, 0.29) is 0 Å². The molecule has 0 saturated carbocycles. The van der Waals surface area contributed by atoms with Crippen molar-refractivity contribution in [3.63, 3.8) is 0 Å². The second-order valence-corrected chi connectivity index (χ2v) is 15.1. The van der Waals surface area contributed by atoms with Crippen molar-refractivity contribution in [1.29, 1.82) is 0 Å². The van der Waals surface area contributed by atoms with E-state index in [1.807, 2.05) is 41.5 Å². The number of benzene rings is 8. The Labute approximate surface area is 377 Å². The highest BCUT2D eigenvalue weighted by molar-refractivity contribution is 6.12. The molecule has 0 radical (unpaired) electrons. The van der Waals surface area contributed by atoms with Gasteiger partial charge >= 0.3 is 0 Å². The third-order valence-electron chi connectivity index (χ3n) is 11.3. The molecule has 0 amide bonds. The van der Waals surface area contributed by atoms with Crippen LogP contribution in [0.5, 0.6) is 0 Å². The Morgan fingerprint density at radius 1 is 0.281 bits per heavy atom. The van der Waals surface area contributed by atoms with E-state index in [4.69, 9.17) is 15.0 Å². The van der Waals surface area contributed by atoms with Crippen LogP contribution in [0.3, 0.4) is 0 Å². The molecule has 11 rings (SSSR count). The van der Waals surface area contributed by atoms with Crippen molar-refractivity contribution in [1.82, 2.24) is 24.1 Å². The molecule has 0 atom stereocenters. The van der Waals surface area contributed by atoms with E-state index in [2.05, 4.69) is 211 Å². The number of fused-ring (bicyclic) bond motifs is 6. The maximum atomic E-state index is 5.01. The molecule has 0 aliphatic carbocycles. The summed E-state index contributed by atoms with van der Waals surface area (Å²) in [4.78, 5) is 15.0. The van der Waals surface area contributed by atoms with Gasteiger partial charge in [-0.15, -0.1) is 0 Å². The van der Waals surface area contributed by atoms with Crippen LogP contribution >= 0.6 is 0 Å². The van der Waals surface area contributed by atoms with Gasteiger partial charge in [-0.2, -0.15) is 0 Å². The fourth-order valence-corrected chi connectivity index (χ4v) is 8.36. The zero-order chi connectivity index (χ0) is 44.7.